The Morgan fingerprint density at radius 1 is 1.00 bits per heavy atom. The van der Waals surface area contributed by atoms with Gasteiger partial charge in [0.25, 0.3) is 0 Å². The Morgan fingerprint density at radius 2 is 1.00 bits per heavy atom. The van der Waals surface area contributed by atoms with Crippen LogP contribution in [0.5, 0.6) is 0 Å². The van der Waals surface area contributed by atoms with Gasteiger partial charge in [-0.25, -0.2) is 0 Å². The highest BCUT2D eigenvalue weighted by molar-refractivity contribution is 14.0. The van der Waals surface area contributed by atoms with E-state index in [2.05, 4.69) is 0 Å². The van der Waals surface area contributed by atoms with Gasteiger partial charge < -0.3 is 0 Å². The normalized spacial score (nSPS) is 0. The van der Waals surface area contributed by atoms with E-state index in [1.165, 1.54) is 0 Å². The third kappa shape index (κ3) is 9.90. The minimum absolute atomic E-state index is 0. The molecule has 0 radical (unpaired) electrons. The summed E-state index contributed by atoms with van der Waals surface area (Å²) in [4.78, 5) is 0. The molecule has 0 aromatic heterocycles. The molecular formula is H4BrClFI. The summed E-state index contributed by atoms with van der Waals surface area (Å²) >= 11 is 0. The van der Waals surface area contributed by atoms with E-state index >= 15 is 0 Å². The molecule has 0 spiro atoms. The van der Waals surface area contributed by atoms with Crippen molar-refractivity contribution in [3.8, 4) is 0 Å². The van der Waals surface area contributed by atoms with Gasteiger partial charge in [-0.15, -0.1) is 53.4 Å². The molecular weight excluding hydrogens is 261 g/mol. The summed E-state index contributed by atoms with van der Waals surface area (Å²) in [5.74, 6) is 0. The summed E-state index contributed by atoms with van der Waals surface area (Å²) < 4.78 is 0. The molecule has 0 amide bonds. The number of halogens is 4. The molecule has 0 bridgehead atoms. The maximum Gasteiger partial charge on any atom is -0.107 e. The lowest BCUT2D eigenvalue weighted by molar-refractivity contribution is 1.11. The topological polar surface area (TPSA) is 0 Å². The van der Waals surface area contributed by atoms with Crippen LogP contribution in [0.1, 0.15) is 0 Å². The van der Waals surface area contributed by atoms with E-state index in [9.17, 15) is 0 Å². The Kier molecular flexibility index (Phi) is 332. The fourth-order valence-electron chi connectivity index (χ4n) is 0. The first-order valence-electron chi connectivity index (χ1n) is 0. The molecule has 0 unspecified atom stereocenters. The van der Waals surface area contributed by atoms with Gasteiger partial charge in [-0.3, -0.25) is 4.70 Å². The van der Waals surface area contributed by atoms with Crippen LogP contribution in [0.3, 0.4) is 0 Å². The summed E-state index contributed by atoms with van der Waals surface area (Å²) in [5.41, 5.74) is 0. The lowest BCUT2D eigenvalue weighted by Gasteiger charge is -0.269. The van der Waals surface area contributed by atoms with Crippen LogP contribution >= 0.6 is 53.4 Å². The van der Waals surface area contributed by atoms with Crippen molar-refractivity contribution in [1.82, 2.24) is 0 Å². The molecule has 0 atom stereocenters. The largest absolute Gasteiger partial charge is 0.269 e. The van der Waals surface area contributed by atoms with E-state index in [1.807, 2.05) is 0 Å². The molecule has 0 saturated heterocycles. The van der Waals surface area contributed by atoms with Crippen LogP contribution in [-0.4, -0.2) is 0 Å². The van der Waals surface area contributed by atoms with Crippen LogP contribution in [0.25, 0.3) is 0 Å². The van der Waals surface area contributed by atoms with Crippen LogP contribution in [0, 0.1) is 0 Å². The summed E-state index contributed by atoms with van der Waals surface area (Å²) in [7, 11) is 0. The standard InChI is InChI=1S/BrH.ClH.FH.HI/h4*1H. The van der Waals surface area contributed by atoms with Crippen molar-refractivity contribution < 1.29 is 4.70 Å². The fraction of sp³-hybridized carbons (Fsp3) is 0. The first kappa shape index (κ1) is 52.1. The minimum atomic E-state index is 0. The lowest BCUT2D eigenvalue weighted by atomic mass is 19.0. The van der Waals surface area contributed by atoms with Gasteiger partial charge in [0.2, 0.25) is 0 Å². The molecule has 0 fully saturated rings. The van der Waals surface area contributed by atoms with Gasteiger partial charge in [0.1, 0.15) is 0 Å². The van der Waals surface area contributed by atoms with E-state index < -0.39 is 0 Å². The van der Waals surface area contributed by atoms with Crippen molar-refractivity contribution in [1.29, 1.82) is 0 Å². The summed E-state index contributed by atoms with van der Waals surface area (Å²) in [6.07, 6.45) is 0. The molecule has 0 saturated carbocycles. The molecule has 0 aliphatic carbocycles. The SMILES string of the molecule is Br.Cl.F.I. The maximum absolute atomic E-state index is 0. The van der Waals surface area contributed by atoms with Crippen LogP contribution in [-0.2, 0) is 0 Å². The van der Waals surface area contributed by atoms with Crippen LogP contribution in [0.15, 0.2) is 0 Å². The highest BCUT2D eigenvalue weighted by Gasteiger charge is -0.107. The zero-order chi connectivity index (χ0) is 0. The second-order valence-electron chi connectivity index (χ2n) is 0. The lowest BCUT2D eigenvalue weighted by Crippen LogP contribution is 0.420. The number of rotatable bonds is 0. The van der Waals surface area contributed by atoms with Gasteiger partial charge in [0.15, 0.2) is 0 Å². The molecule has 0 N–H and O–H groups in total. The van der Waals surface area contributed by atoms with Crippen LogP contribution in [0.2, 0.25) is 0 Å². The molecule has 0 nitrogen and oxygen atoms in total. The molecule has 0 heterocycles. The van der Waals surface area contributed by atoms with Crippen molar-refractivity contribution in [2.24, 2.45) is 0 Å². The number of hydrogen-bond acceptors (Lipinski definition) is 0. The van der Waals surface area contributed by atoms with E-state index in [0.717, 1.165) is 0 Å². The van der Waals surface area contributed by atoms with E-state index in [0.29, 0.717) is 0 Å². The third-order valence-electron chi connectivity index (χ3n) is 0. The van der Waals surface area contributed by atoms with Crippen molar-refractivity contribution in [2.75, 3.05) is 0 Å². The first-order chi connectivity index (χ1) is 0. The smallest absolute Gasteiger partial charge is 0.107 e. The Balaban J connectivity index is 0. The second-order valence-corrected chi connectivity index (χ2v) is 0. The average Bonchev–Trinajstić information content (AvgIpc) is 0. The summed E-state index contributed by atoms with van der Waals surface area (Å²) in [6.45, 7) is 0. The molecule has 32 valence electrons. The van der Waals surface area contributed by atoms with Crippen molar-refractivity contribution >= 4 is 53.4 Å². The maximum atomic E-state index is 0. The third-order valence-corrected chi connectivity index (χ3v) is 0. The highest BCUT2D eigenvalue weighted by atomic mass is 127. The molecule has 0 aliphatic heterocycles. The highest BCUT2D eigenvalue weighted by Crippen LogP contribution is 0.886. The molecule has 0 rings (SSSR count). The zero-order valence-corrected chi connectivity index (χ0v) is 6.49. The van der Waals surface area contributed by atoms with E-state index in [4.69, 9.17) is 0 Å². The Hall–Kier alpha value is 1.43. The quantitative estimate of drug-likeness (QED) is 0.586. The molecule has 0 aliphatic rings. The Bertz CT molecular complexity index is 8.00. The van der Waals surface area contributed by atoms with Crippen LogP contribution in [0.4, 0.5) is 4.70 Å². The Labute approximate surface area is 57.9 Å². The molecule has 0 aromatic rings. The van der Waals surface area contributed by atoms with Crippen molar-refractivity contribution in [2.45, 2.75) is 0 Å². The number of hydrogen-bond donors (Lipinski definition) is 0. The predicted octanol–water partition coefficient (Wildman–Crippen LogP) is 1.77. The second kappa shape index (κ2) is 25.5. The van der Waals surface area contributed by atoms with Gasteiger partial charge in [-0.05, 0) is 0 Å². The zero-order valence-electron chi connectivity index (χ0n) is 1.63. The Morgan fingerprint density at radius 3 is 1.00 bits per heavy atom. The first-order valence-corrected chi connectivity index (χ1v) is 0. The van der Waals surface area contributed by atoms with Gasteiger partial charge >= 0.3 is 0 Å². The van der Waals surface area contributed by atoms with Gasteiger partial charge in [0.05, 0.1) is 0 Å². The molecule has 0 aromatic carbocycles. The van der Waals surface area contributed by atoms with Crippen LogP contribution < -0.4 is 0 Å². The predicted molar refractivity (Wildman–Crippen MR) is 35.5 cm³/mol. The van der Waals surface area contributed by atoms with E-state index in [-0.39, 0.29) is 58.1 Å². The molecule has 4 heavy (non-hydrogen) atoms. The van der Waals surface area contributed by atoms with Crippen molar-refractivity contribution in [3.63, 3.8) is 0 Å². The van der Waals surface area contributed by atoms with Gasteiger partial charge in [0, 0.05) is 0 Å². The summed E-state index contributed by atoms with van der Waals surface area (Å²) in [6, 6.07) is 0. The average molecular weight is 265 g/mol. The summed E-state index contributed by atoms with van der Waals surface area (Å²) in [5, 5.41) is 0. The van der Waals surface area contributed by atoms with Gasteiger partial charge in [-0.1, -0.05) is 0 Å². The molecule has 4 heteroatoms. The minimum Gasteiger partial charge on any atom is -0.269 e. The monoisotopic (exact) mass is 264 g/mol. The van der Waals surface area contributed by atoms with Crippen molar-refractivity contribution in [3.05, 3.63) is 0 Å². The fourth-order valence-corrected chi connectivity index (χ4v) is 0. The van der Waals surface area contributed by atoms with E-state index in [1.54, 1.807) is 0 Å². The van der Waals surface area contributed by atoms with Gasteiger partial charge in [-0.2, -0.15) is 0 Å².